The Morgan fingerprint density at radius 2 is 1.89 bits per heavy atom. The lowest BCUT2D eigenvalue weighted by molar-refractivity contribution is -0.121. The van der Waals surface area contributed by atoms with E-state index in [1.165, 1.54) is 0 Å². The molecule has 0 aliphatic heterocycles. The van der Waals surface area contributed by atoms with Gasteiger partial charge in [0.25, 0.3) is 0 Å². The van der Waals surface area contributed by atoms with Crippen molar-refractivity contribution in [3.63, 3.8) is 0 Å². The zero-order chi connectivity index (χ0) is 18.9. The second-order valence-electron chi connectivity index (χ2n) is 5.98. The number of carbonyl (C=O) groups is 1. The van der Waals surface area contributed by atoms with Crippen LogP contribution in [0.4, 0.5) is 0 Å². The standard InChI is InChI=1S/C20H22N4O3/c25-15-16-6-8-17(9-7-16)19-14-24(23-22-19)12-10-20(26)21-11-13-27-18-4-2-1-3-5-18/h1-9,14,25H,10-13,15H2,(H,21,26). The highest BCUT2D eigenvalue weighted by molar-refractivity contribution is 5.75. The fraction of sp³-hybridized carbons (Fsp3) is 0.250. The number of hydrogen-bond donors (Lipinski definition) is 2. The molecule has 7 heteroatoms. The summed E-state index contributed by atoms with van der Waals surface area (Å²) in [6, 6.07) is 17.0. The van der Waals surface area contributed by atoms with Crippen molar-refractivity contribution in [2.24, 2.45) is 0 Å². The van der Waals surface area contributed by atoms with E-state index in [1.54, 1.807) is 10.9 Å². The molecule has 0 spiro atoms. The fourth-order valence-corrected chi connectivity index (χ4v) is 2.50. The predicted molar refractivity (Wildman–Crippen MR) is 101 cm³/mol. The highest BCUT2D eigenvalue weighted by Gasteiger charge is 2.06. The van der Waals surface area contributed by atoms with Gasteiger partial charge in [0, 0.05) is 12.0 Å². The highest BCUT2D eigenvalue weighted by Crippen LogP contribution is 2.16. The van der Waals surface area contributed by atoms with E-state index < -0.39 is 0 Å². The summed E-state index contributed by atoms with van der Waals surface area (Å²) in [6.07, 6.45) is 2.12. The molecule has 0 aliphatic rings. The van der Waals surface area contributed by atoms with Gasteiger partial charge in [-0.2, -0.15) is 0 Å². The van der Waals surface area contributed by atoms with Crippen molar-refractivity contribution < 1.29 is 14.6 Å². The average molecular weight is 366 g/mol. The van der Waals surface area contributed by atoms with Crippen LogP contribution in [-0.2, 0) is 17.9 Å². The number of para-hydroxylation sites is 1. The number of nitrogens with one attached hydrogen (secondary N) is 1. The van der Waals surface area contributed by atoms with Gasteiger partial charge < -0.3 is 15.2 Å². The number of aromatic nitrogens is 3. The van der Waals surface area contributed by atoms with Crippen LogP contribution in [0.2, 0.25) is 0 Å². The van der Waals surface area contributed by atoms with Crippen LogP contribution in [0.5, 0.6) is 5.75 Å². The molecule has 3 rings (SSSR count). The molecular formula is C20H22N4O3. The van der Waals surface area contributed by atoms with Crippen LogP contribution >= 0.6 is 0 Å². The summed E-state index contributed by atoms with van der Waals surface area (Å²) in [4.78, 5) is 11.9. The van der Waals surface area contributed by atoms with Crippen molar-refractivity contribution in [2.45, 2.75) is 19.6 Å². The van der Waals surface area contributed by atoms with Crippen molar-refractivity contribution in [1.82, 2.24) is 20.3 Å². The Kier molecular flexibility index (Phi) is 6.54. The Bertz CT molecular complexity index is 847. The summed E-state index contributed by atoms with van der Waals surface area (Å²) in [5, 5.41) is 20.1. The van der Waals surface area contributed by atoms with Gasteiger partial charge in [0.05, 0.1) is 25.9 Å². The molecule has 7 nitrogen and oxygen atoms in total. The number of ether oxygens (including phenoxy) is 1. The summed E-state index contributed by atoms with van der Waals surface area (Å²) in [5.41, 5.74) is 2.50. The quantitative estimate of drug-likeness (QED) is 0.566. The molecule has 2 aromatic carbocycles. The Morgan fingerprint density at radius 3 is 2.63 bits per heavy atom. The van der Waals surface area contributed by atoms with Gasteiger partial charge in [0.15, 0.2) is 0 Å². The smallest absolute Gasteiger partial charge is 0.221 e. The predicted octanol–water partition coefficient (Wildman–Crippen LogP) is 2.02. The molecule has 0 bridgehead atoms. The second kappa shape index (κ2) is 9.49. The van der Waals surface area contributed by atoms with Crippen molar-refractivity contribution in [3.8, 4) is 17.0 Å². The van der Waals surface area contributed by atoms with E-state index in [-0.39, 0.29) is 12.5 Å². The van der Waals surface area contributed by atoms with Gasteiger partial charge in [-0.3, -0.25) is 9.48 Å². The number of nitrogens with zero attached hydrogens (tertiary/aromatic N) is 3. The van der Waals surface area contributed by atoms with Crippen LogP contribution in [0.3, 0.4) is 0 Å². The first-order valence-electron chi connectivity index (χ1n) is 8.79. The van der Waals surface area contributed by atoms with E-state index >= 15 is 0 Å². The van der Waals surface area contributed by atoms with Gasteiger partial charge in [-0.05, 0) is 17.7 Å². The van der Waals surface area contributed by atoms with Gasteiger partial charge in [0.1, 0.15) is 18.1 Å². The van der Waals surface area contributed by atoms with Crippen LogP contribution in [0.15, 0.2) is 60.8 Å². The number of aryl methyl sites for hydroxylation is 1. The number of rotatable bonds is 9. The van der Waals surface area contributed by atoms with E-state index in [0.29, 0.717) is 26.1 Å². The molecule has 27 heavy (non-hydrogen) atoms. The monoisotopic (exact) mass is 366 g/mol. The lowest BCUT2D eigenvalue weighted by Crippen LogP contribution is -2.28. The Balaban J connectivity index is 1.39. The third kappa shape index (κ3) is 5.65. The average Bonchev–Trinajstić information content (AvgIpc) is 3.19. The van der Waals surface area contributed by atoms with E-state index in [0.717, 1.165) is 22.6 Å². The maximum absolute atomic E-state index is 11.9. The van der Waals surface area contributed by atoms with Gasteiger partial charge in [-0.1, -0.05) is 47.7 Å². The topological polar surface area (TPSA) is 89.3 Å². The molecule has 0 radical (unpaired) electrons. The number of amides is 1. The van der Waals surface area contributed by atoms with Gasteiger partial charge in [-0.15, -0.1) is 5.10 Å². The third-order valence-electron chi connectivity index (χ3n) is 3.98. The third-order valence-corrected chi connectivity index (χ3v) is 3.98. The van der Waals surface area contributed by atoms with E-state index in [2.05, 4.69) is 15.6 Å². The molecule has 0 unspecified atom stereocenters. The summed E-state index contributed by atoms with van der Waals surface area (Å²) < 4.78 is 7.18. The van der Waals surface area contributed by atoms with Crippen LogP contribution in [0.1, 0.15) is 12.0 Å². The van der Waals surface area contributed by atoms with Gasteiger partial charge >= 0.3 is 0 Å². The first-order valence-corrected chi connectivity index (χ1v) is 8.79. The number of hydrogen-bond acceptors (Lipinski definition) is 5. The molecule has 1 amide bonds. The van der Waals surface area contributed by atoms with Crippen molar-refractivity contribution in [2.75, 3.05) is 13.2 Å². The zero-order valence-electron chi connectivity index (χ0n) is 14.9. The minimum absolute atomic E-state index is 0.0124. The maximum atomic E-state index is 11.9. The molecule has 3 aromatic rings. The molecule has 0 saturated heterocycles. The number of aliphatic hydroxyl groups excluding tert-OH is 1. The lowest BCUT2D eigenvalue weighted by atomic mass is 10.1. The number of carbonyl (C=O) groups excluding carboxylic acids is 1. The minimum atomic E-state index is -0.0592. The SMILES string of the molecule is O=C(CCn1cc(-c2ccc(CO)cc2)nn1)NCCOc1ccccc1. The van der Waals surface area contributed by atoms with E-state index in [1.807, 2.05) is 54.6 Å². The number of aliphatic hydroxyl groups is 1. The summed E-state index contributed by atoms with van der Waals surface area (Å²) >= 11 is 0. The van der Waals surface area contributed by atoms with Crippen molar-refractivity contribution in [1.29, 1.82) is 0 Å². The lowest BCUT2D eigenvalue weighted by Gasteiger charge is -2.07. The molecular weight excluding hydrogens is 344 g/mol. The first-order chi connectivity index (χ1) is 13.2. The van der Waals surface area contributed by atoms with Crippen LogP contribution in [0.25, 0.3) is 11.3 Å². The Hall–Kier alpha value is -3.19. The molecule has 2 N–H and O–H groups in total. The Labute approximate surface area is 157 Å². The van der Waals surface area contributed by atoms with Crippen LogP contribution < -0.4 is 10.1 Å². The molecule has 140 valence electrons. The first kappa shape index (κ1) is 18.6. The van der Waals surface area contributed by atoms with Crippen molar-refractivity contribution >= 4 is 5.91 Å². The normalized spacial score (nSPS) is 10.6. The van der Waals surface area contributed by atoms with E-state index in [4.69, 9.17) is 9.84 Å². The van der Waals surface area contributed by atoms with Crippen molar-refractivity contribution in [3.05, 3.63) is 66.4 Å². The van der Waals surface area contributed by atoms with Gasteiger partial charge in [-0.25, -0.2) is 0 Å². The van der Waals surface area contributed by atoms with E-state index in [9.17, 15) is 4.79 Å². The summed E-state index contributed by atoms with van der Waals surface area (Å²) in [6.45, 7) is 1.34. The maximum Gasteiger partial charge on any atom is 0.221 e. The second-order valence-corrected chi connectivity index (χ2v) is 5.98. The molecule has 1 heterocycles. The molecule has 0 atom stereocenters. The fourth-order valence-electron chi connectivity index (χ4n) is 2.50. The largest absolute Gasteiger partial charge is 0.492 e. The van der Waals surface area contributed by atoms with Crippen LogP contribution in [-0.4, -0.2) is 39.2 Å². The zero-order valence-corrected chi connectivity index (χ0v) is 14.9. The summed E-state index contributed by atoms with van der Waals surface area (Å²) in [7, 11) is 0. The van der Waals surface area contributed by atoms with Crippen LogP contribution in [0, 0.1) is 0 Å². The summed E-state index contributed by atoms with van der Waals surface area (Å²) in [5.74, 6) is 0.727. The molecule has 0 aliphatic carbocycles. The minimum Gasteiger partial charge on any atom is -0.492 e. The molecule has 0 saturated carbocycles. The Morgan fingerprint density at radius 1 is 1.11 bits per heavy atom. The molecule has 0 fully saturated rings. The molecule has 1 aromatic heterocycles. The number of benzene rings is 2. The highest BCUT2D eigenvalue weighted by atomic mass is 16.5. The van der Waals surface area contributed by atoms with Gasteiger partial charge in [0.2, 0.25) is 5.91 Å².